The molecule has 8 heteroatoms. The molecule has 1 unspecified atom stereocenters. The Morgan fingerprint density at radius 1 is 1.73 bits per heavy atom. The maximum atomic E-state index is 11.1. The third-order valence-electron chi connectivity index (χ3n) is 2.08. The van der Waals surface area contributed by atoms with Crippen LogP contribution in [0.2, 0.25) is 0 Å². The highest BCUT2D eigenvalue weighted by Crippen LogP contribution is 2.28. The van der Waals surface area contributed by atoms with Gasteiger partial charge < -0.3 is 9.84 Å². The van der Waals surface area contributed by atoms with E-state index in [1.807, 2.05) is 0 Å². The fourth-order valence-electron chi connectivity index (χ4n) is 1.40. The molecule has 0 radical (unpaired) electrons. The summed E-state index contributed by atoms with van der Waals surface area (Å²) in [6.07, 6.45) is 1.12. The molecule has 2 heterocycles. The molecule has 0 fully saturated rings. The third-order valence-corrected chi connectivity index (χ3v) is 2.97. The molecule has 7 nitrogen and oxygen atoms in total. The summed E-state index contributed by atoms with van der Waals surface area (Å²) >= 11 is 0. The van der Waals surface area contributed by atoms with E-state index < -0.39 is 15.6 Å². The number of aliphatic hydroxyl groups is 1. The van der Waals surface area contributed by atoms with E-state index >= 15 is 0 Å². The second-order valence-electron chi connectivity index (χ2n) is 3.80. The molecule has 1 aromatic heterocycles. The highest BCUT2D eigenvalue weighted by Gasteiger charge is 2.33. The van der Waals surface area contributed by atoms with E-state index in [2.05, 4.69) is 5.10 Å². The predicted molar refractivity (Wildman–Crippen MR) is 49.7 cm³/mol. The minimum Gasteiger partial charge on any atom is -0.474 e. The Kier molecular flexibility index (Phi) is 2.04. The highest BCUT2D eigenvalue weighted by molar-refractivity contribution is 7.89. The Hall–Kier alpha value is -1.12. The standard InChI is InChI=1S/C7H11N3O4S/c1-7(11)3-10-6(14-4-7)5(2-9-10)15(8,12)13/h2,11H,3-4H2,1H3,(H2,8,12,13). The van der Waals surface area contributed by atoms with Crippen molar-refractivity contribution in [3.05, 3.63) is 6.20 Å². The number of nitrogens with zero attached hydrogens (tertiary/aromatic N) is 2. The molecule has 0 aromatic carbocycles. The lowest BCUT2D eigenvalue weighted by Crippen LogP contribution is -2.41. The number of hydrogen-bond donors (Lipinski definition) is 2. The molecule has 3 N–H and O–H groups in total. The van der Waals surface area contributed by atoms with Crippen molar-refractivity contribution in [1.82, 2.24) is 9.78 Å². The number of hydrogen-bond acceptors (Lipinski definition) is 5. The quantitative estimate of drug-likeness (QED) is 0.625. The average Bonchev–Trinajstić information content (AvgIpc) is 2.43. The van der Waals surface area contributed by atoms with Crippen LogP contribution in [0.5, 0.6) is 5.88 Å². The number of ether oxygens (including phenoxy) is 1. The zero-order valence-corrected chi connectivity index (χ0v) is 8.86. The minimum atomic E-state index is -3.83. The van der Waals surface area contributed by atoms with E-state index in [9.17, 15) is 13.5 Å². The topological polar surface area (TPSA) is 107 Å². The van der Waals surface area contributed by atoms with Gasteiger partial charge in [0.1, 0.15) is 12.2 Å². The van der Waals surface area contributed by atoms with E-state index in [1.54, 1.807) is 6.92 Å². The zero-order valence-electron chi connectivity index (χ0n) is 8.04. The molecule has 1 aliphatic heterocycles. The number of primary sulfonamides is 1. The van der Waals surface area contributed by atoms with E-state index in [4.69, 9.17) is 9.88 Å². The predicted octanol–water partition coefficient (Wildman–Crippen LogP) is -1.33. The van der Waals surface area contributed by atoms with Crippen LogP contribution in [-0.2, 0) is 16.6 Å². The first-order chi connectivity index (χ1) is 6.80. The Morgan fingerprint density at radius 2 is 2.40 bits per heavy atom. The molecule has 0 bridgehead atoms. The van der Waals surface area contributed by atoms with Gasteiger partial charge in [-0.2, -0.15) is 5.10 Å². The molecule has 1 aromatic rings. The SMILES string of the molecule is CC1(O)COc2c(S(N)(=O)=O)cnn2C1. The van der Waals surface area contributed by atoms with Crippen LogP contribution in [0.1, 0.15) is 6.92 Å². The number of sulfonamides is 1. The summed E-state index contributed by atoms with van der Waals surface area (Å²) in [6, 6.07) is 0. The number of rotatable bonds is 1. The molecule has 15 heavy (non-hydrogen) atoms. The summed E-state index contributed by atoms with van der Waals surface area (Å²) in [7, 11) is -3.83. The second-order valence-corrected chi connectivity index (χ2v) is 5.33. The van der Waals surface area contributed by atoms with Crippen LogP contribution in [0.3, 0.4) is 0 Å². The first-order valence-corrected chi connectivity index (χ1v) is 5.78. The normalized spacial score (nSPS) is 25.8. The number of aromatic nitrogens is 2. The monoisotopic (exact) mass is 233 g/mol. The summed E-state index contributed by atoms with van der Waals surface area (Å²) in [6.45, 7) is 1.77. The van der Waals surface area contributed by atoms with Crippen LogP contribution in [-0.4, -0.2) is 35.5 Å². The van der Waals surface area contributed by atoms with Crippen molar-refractivity contribution in [3.63, 3.8) is 0 Å². The molecule has 0 spiro atoms. The summed E-state index contributed by atoms with van der Waals surface area (Å²) < 4.78 is 28.6. The third kappa shape index (κ3) is 1.83. The molecular weight excluding hydrogens is 222 g/mol. The fraction of sp³-hybridized carbons (Fsp3) is 0.571. The van der Waals surface area contributed by atoms with Gasteiger partial charge >= 0.3 is 0 Å². The van der Waals surface area contributed by atoms with Crippen molar-refractivity contribution >= 4 is 10.0 Å². The first kappa shape index (κ1) is 10.4. The Balaban J connectivity index is 2.48. The molecule has 0 saturated heterocycles. The molecule has 0 saturated carbocycles. The van der Waals surface area contributed by atoms with Gasteiger partial charge in [0.2, 0.25) is 15.9 Å². The van der Waals surface area contributed by atoms with Crippen LogP contribution in [0.4, 0.5) is 0 Å². The van der Waals surface area contributed by atoms with Crippen molar-refractivity contribution in [1.29, 1.82) is 0 Å². The maximum Gasteiger partial charge on any atom is 0.245 e. The maximum absolute atomic E-state index is 11.1. The van der Waals surface area contributed by atoms with Gasteiger partial charge in [-0.05, 0) is 6.92 Å². The fourth-order valence-corrected chi connectivity index (χ4v) is 2.00. The Morgan fingerprint density at radius 3 is 3.00 bits per heavy atom. The van der Waals surface area contributed by atoms with Crippen LogP contribution in [0, 0.1) is 0 Å². The van der Waals surface area contributed by atoms with Crippen LogP contribution in [0.15, 0.2) is 11.1 Å². The van der Waals surface area contributed by atoms with Gasteiger partial charge in [0.15, 0.2) is 4.90 Å². The summed E-state index contributed by atoms with van der Waals surface area (Å²) in [5.41, 5.74) is -1.05. The Labute approximate surface area is 86.5 Å². The van der Waals surface area contributed by atoms with Crippen LogP contribution >= 0.6 is 0 Å². The largest absolute Gasteiger partial charge is 0.474 e. The number of fused-ring (bicyclic) bond motifs is 1. The van der Waals surface area contributed by atoms with E-state index in [0.29, 0.717) is 0 Å². The van der Waals surface area contributed by atoms with Gasteiger partial charge in [0.05, 0.1) is 12.7 Å². The second kappa shape index (κ2) is 2.94. The van der Waals surface area contributed by atoms with Crippen molar-refractivity contribution in [3.8, 4) is 5.88 Å². The summed E-state index contributed by atoms with van der Waals surface area (Å²) in [4.78, 5) is -0.155. The lowest BCUT2D eigenvalue weighted by Gasteiger charge is -2.29. The molecule has 1 atom stereocenters. The van der Waals surface area contributed by atoms with Crippen molar-refractivity contribution in [2.75, 3.05) is 6.61 Å². The first-order valence-electron chi connectivity index (χ1n) is 4.23. The minimum absolute atomic E-state index is 0.0151. The van der Waals surface area contributed by atoms with E-state index in [-0.39, 0.29) is 23.9 Å². The molecular formula is C7H11N3O4S. The summed E-state index contributed by atoms with van der Waals surface area (Å²) in [5, 5.41) is 18.4. The van der Waals surface area contributed by atoms with Gasteiger partial charge in [0.25, 0.3) is 0 Å². The van der Waals surface area contributed by atoms with Crippen LogP contribution < -0.4 is 9.88 Å². The summed E-state index contributed by atoms with van der Waals surface area (Å²) in [5.74, 6) is 0.0871. The van der Waals surface area contributed by atoms with Crippen molar-refractivity contribution in [2.24, 2.45) is 5.14 Å². The molecule has 2 rings (SSSR count). The average molecular weight is 233 g/mol. The molecule has 0 amide bonds. The highest BCUT2D eigenvalue weighted by atomic mass is 32.2. The van der Waals surface area contributed by atoms with Gasteiger partial charge in [-0.25, -0.2) is 18.2 Å². The van der Waals surface area contributed by atoms with Gasteiger partial charge in [-0.3, -0.25) is 0 Å². The lowest BCUT2D eigenvalue weighted by molar-refractivity contribution is -0.0325. The van der Waals surface area contributed by atoms with E-state index in [0.717, 1.165) is 6.20 Å². The lowest BCUT2D eigenvalue weighted by atomic mass is 10.1. The zero-order chi connectivity index (χ0) is 11.3. The van der Waals surface area contributed by atoms with Gasteiger partial charge in [-0.1, -0.05) is 0 Å². The molecule has 84 valence electrons. The Bertz CT molecular complexity index is 490. The van der Waals surface area contributed by atoms with Gasteiger partial charge in [0, 0.05) is 0 Å². The van der Waals surface area contributed by atoms with E-state index in [1.165, 1.54) is 4.68 Å². The molecule has 1 aliphatic rings. The van der Waals surface area contributed by atoms with Crippen LogP contribution in [0.25, 0.3) is 0 Å². The van der Waals surface area contributed by atoms with Gasteiger partial charge in [-0.15, -0.1) is 0 Å². The molecule has 0 aliphatic carbocycles. The number of nitrogens with two attached hydrogens (primary N) is 1. The smallest absolute Gasteiger partial charge is 0.245 e. The van der Waals surface area contributed by atoms with Crippen molar-refractivity contribution in [2.45, 2.75) is 24.0 Å². The van der Waals surface area contributed by atoms with Crippen molar-refractivity contribution < 1.29 is 18.3 Å².